The van der Waals surface area contributed by atoms with Crippen LogP contribution in [0.3, 0.4) is 0 Å². The number of ether oxygens (including phenoxy) is 2. The highest BCUT2D eigenvalue weighted by Crippen LogP contribution is 2.43. The predicted octanol–water partition coefficient (Wildman–Crippen LogP) is 13.4. The molecule has 9 nitrogen and oxygen atoms in total. The Balaban J connectivity index is 4.16. The molecular formula is C46H89O9P. The van der Waals surface area contributed by atoms with Crippen molar-refractivity contribution in [2.75, 3.05) is 26.4 Å². The minimum atomic E-state index is -4.53. The highest BCUT2D eigenvalue weighted by molar-refractivity contribution is 7.47. The van der Waals surface area contributed by atoms with E-state index in [0.717, 1.165) is 38.5 Å². The summed E-state index contributed by atoms with van der Waals surface area (Å²) < 4.78 is 33.2. The monoisotopic (exact) mass is 817 g/mol. The average Bonchev–Trinajstić information content (AvgIpc) is 3.19. The molecule has 0 aliphatic heterocycles. The minimum absolute atomic E-state index is 0.0330. The van der Waals surface area contributed by atoms with E-state index < -0.39 is 45.8 Å². The van der Waals surface area contributed by atoms with Crippen LogP contribution in [0.1, 0.15) is 226 Å². The van der Waals surface area contributed by atoms with Gasteiger partial charge in [0, 0.05) is 6.42 Å². The van der Waals surface area contributed by atoms with Gasteiger partial charge in [-0.2, -0.15) is 0 Å². The zero-order valence-electron chi connectivity index (χ0n) is 36.4. The summed E-state index contributed by atoms with van der Waals surface area (Å²) in [4.78, 5) is 22.6. The summed E-state index contributed by atoms with van der Waals surface area (Å²) in [6, 6.07) is 0. The van der Waals surface area contributed by atoms with Gasteiger partial charge in [0.2, 0.25) is 0 Å². The molecular weight excluding hydrogens is 727 g/mol. The van der Waals surface area contributed by atoms with Gasteiger partial charge in [-0.05, 0) is 51.0 Å². The van der Waals surface area contributed by atoms with E-state index in [-0.39, 0.29) is 13.0 Å². The smallest absolute Gasteiger partial charge is 0.472 e. The lowest BCUT2D eigenvalue weighted by molar-refractivity contribution is -0.153. The molecule has 0 aromatic carbocycles. The van der Waals surface area contributed by atoms with E-state index in [2.05, 4.69) is 26.0 Å². The number of phosphoric acid groups is 1. The molecule has 0 saturated carbocycles. The Morgan fingerprint density at radius 3 is 1.34 bits per heavy atom. The van der Waals surface area contributed by atoms with Crippen molar-refractivity contribution >= 4 is 13.8 Å². The van der Waals surface area contributed by atoms with Crippen LogP contribution in [-0.2, 0) is 27.9 Å². The highest BCUT2D eigenvalue weighted by atomic mass is 31.2. The van der Waals surface area contributed by atoms with Crippen molar-refractivity contribution < 1.29 is 43.0 Å². The van der Waals surface area contributed by atoms with E-state index in [4.69, 9.17) is 23.6 Å². The van der Waals surface area contributed by atoms with Crippen molar-refractivity contribution in [2.24, 2.45) is 0 Å². The van der Waals surface area contributed by atoms with Crippen molar-refractivity contribution in [1.29, 1.82) is 0 Å². The second-order valence-electron chi connectivity index (χ2n) is 15.8. The van der Waals surface area contributed by atoms with Gasteiger partial charge in [-0.3, -0.25) is 13.8 Å². The lowest BCUT2D eigenvalue weighted by Crippen LogP contribution is -2.28. The zero-order chi connectivity index (χ0) is 41.1. The Kier molecular flexibility index (Phi) is 42.4. The molecule has 1 unspecified atom stereocenters. The summed E-state index contributed by atoms with van der Waals surface area (Å²) in [5.41, 5.74) is 0. The third kappa shape index (κ3) is 42.4. The molecule has 0 aliphatic rings. The van der Waals surface area contributed by atoms with Crippen molar-refractivity contribution in [3.63, 3.8) is 0 Å². The lowest BCUT2D eigenvalue weighted by atomic mass is 10.0. The quantitative estimate of drug-likeness (QED) is 0.0181. The van der Waals surface area contributed by atoms with Gasteiger partial charge in [0.15, 0.2) is 6.10 Å². The van der Waals surface area contributed by atoms with Gasteiger partial charge in [0.25, 0.3) is 0 Å². The third-order valence-corrected chi connectivity index (χ3v) is 11.2. The Labute approximate surface area is 344 Å². The average molecular weight is 817 g/mol. The van der Waals surface area contributed by atoms with E-state index in [1.165, 1.54) is 161 Å². The van der Waals surface area contributed by atoms with Gasteiger partial charge < -0.3 is 24.6 Å². The summed E-state index contributed by atoms with van der Waals surface area (Å²) in [6.07, 6.45) is 46.5. The number of aliphatic hydroxyl groups is 2. The largest absolute Gasteiger partial charge is 0.498 e. The number of unbranched alkanes of at least 4 members (excludes halogenated alkanes) is 29. The first-order chi connectivity index (χ1) is 27.3. The van der Waals surface area contributed by atoms with Crippen molar-refractivity contribution in [1.82, 2.24) is 0 Å². The number of allylic oxidation sites excluding steroid dienone is 3. The number of rotatable bonds is 45. The first-order valence-electron chi connectivity index (χ1n) is 23.4. The molecule has 0 radical (unpaired) electrons. The maximum Gasteiger partial charge on any atom is 0.472 e. The summed E-state index contributed by atoms with van der Waals surface area (Å²) in [5.74, 6) is -0.406. The maximum absolute atomic E-state index is 12.6. The van der Waals surface area contributed by atoms with Crippen molar-refractivity contribution in [3.8, 4) is 0 Å². The second-order valence-corrected chi connectivity index (χ2v) is 17.3. The van der Waals surface area contributed by atoms with Crippen LogP contribution in [0.5, 0.6) is 0 Å². The number of carbonyl (C=O) groups excluding carboxylic acids is 1. The molecule has 0 bridgehead atoms. The fraction of sp³-hybridized carbons (Fsp3) is 0.891. The zero-order valence-corrected chi connectivity index (χ0v) is 37.3. The van der Waals surface area contributed by atoms with Crippen LogP contribution in [0, 0.1) is 0 Å². The van der Waals surface area contributed by atoms with Crippen LogP contribution >= 0.6 is 7.82 Å². The van der Waals surface area contributed by atoms with Gasteiger partial charge in [-0.25, -0.2) is 4.57 Å². The van der Waals surface area contributed by atoms with Gasteiger partial charge in [-0.1, -0.05) is 187 Å². The topological polar surface area (TPSA) is 132 Å². The Morgan fingerprint density at radius 1 is 0.536 bits per heavy atom. The number of carbonyl (C=O) groups is 1. The number of aliphatic hydroxyl groups excluding tert-OH is 2. The molecule has 0 amide bonds. The molecule has 0 aliphatic carbocycles. The lowest BCUT2D eigenvalue weighted by Gasteiger charge is -2.20. The minimum Gasteiger partial charge on any atom is -0.498 e. The fourth-order valence-corrected chi connectivity index (χ4v) is 7.40. The van der Waals surface area contributed by atoms with E-state index in [1.807, 2.05) is 6.08 Å². The molecule has 0 aromatic heterocycles. The van der Waals surface area contributed by atoms with E-state index in [1.54, 1.807) is 6.26 Å². The molecule has 3 atom stereocenters. The summed E-state index contributed by atoms with van der Waals surface area (Å²) in [7, 11) is -4.53. The molecule has 0 aromatic rings. The van der Waals surface area contributed by atoms with Gasteiger partial charge in [-0.15, -0.1) is 0 Å². The van der Waals surface area contributed by atoms with E-state index >= 15 is 0 Å². The SMILES string of the molecule is CCCCCCCC/C=C\CCCCCCCCCC(=O)O[C@H](CO/C=C\CCCCCCCCCCCCCCCCCC)COP(=O)(O)OC[C@@H](O)CO. The standard InChI is InChI=1S/C46H89O9P/c1-3-5-7-9-11-13-15-17-19-21-23-25-27-29-31-33-35-37-39-52-42-45(43-54-56(50,51)53-41-44(48)40-47)55-46(49)38-36-34-32-30-28-26-24-22-20-18-16-14-12-10-8-6-4-2/h18,20,37,39,44-45,47-48H,3-17,19,21-36,38,40-43H2,1-2H3,(H,50,51)/b20-18-,39-37-/t44-,45+/m0/s1. The van der Waals surface area contributed by atoms with Gasteiger partial charge in [0.05, 0.1) is 26.1 Å². The van der Waals surface area contributed by atoms with E-state index in [9.17, 15) is 19.4 Å². The molecule has 56 heavy (non-hydrogen) atoms. The molecule has 0 rings (SSSR count). The van der Waals surface area contributed by atoms with Crippen LogP contribution in [0.2, 0.25) is 0 Å². The third-order valence-electron chi connectivity index (χ3n) is 10.2. The highest BCUT2D eigenvalue weighted by Gasteiger charge is 2.26. The van der Waals surface area contributed by atoms with Crippen molar-refractivity contribution in [3.05, 3.63) is 24.5 Å². The van der Waals surface area contributed by atoms with Crippen LogP contribution in [0.4, 0.5) is 0 Å². The predicted molar refractivity (Wildman–Crippen MR) is 233 cm³/mol. The van der Waals surface area contributed by atoms with Gasteiger partial charge >= 0.3 is 13.8 Å². The van der Waals surface area contributed by atoms with Crippen LogP contribution in [0.25, 0.3) is 0 Å². The van der Waals surface area contributed by atoms with Crippen LogP contribution in [-0.4, -0.2) is 59.7 Å². The van der Waals surface area contributed by atoms with Crippen LogP contribution in [0.15, 0.2) is 24.5 Å². The maximum atomic E-state index is 12.6. The normalized spacial score (nSPS) is 14.1. The molecule has 3 N–H and O–H groups in total. The molecule has 0 heterocycles. The number of phosphoric ester groups is 1. The summed E-state index contributed by atoms with van der Waals surface area (Å²) in [5, 5.41) is 18.4. The molecule has 0 fully saturated rings. The Hall–Kier alpha value is -1.22. The Morgan fingerprint density at radius 2 is 0.911 bits per heavy atom. The molecule has 0 saturated heterocycles. The first-order valence-corrected chi connectivity index (χ1v) is 24.9. The summed E-state index contributed by atoms with van der Waals surface area (Å²) >= 11 is 0. The molecule has 332 valence electrons. The van der Waals surface area contributed by atoms with Crippen LogP contribution < -0.4 is 0 Å². The molecule has 10 heteroatoms. The van der Waals surface area contributed by atoms with E-state index in [0.29, 0.717) is 6.42 Å². The number of hydrogen-bond acceptors (Lipinski definition) is 8. The van der Waals surface area contributed by atoms with Crippen molar-refractivity contribution in [2.45, 2.75) is 238 Å². The summed E-state index contributed by atoms with van der Waals surface area (Å²) in [6.45, 7) is 2.91. The van der Waals surface area contributed by atoms with Gasteiger partial charge in [0.1, 0.15) is 12.7 Å². The number of hydrogen-bond donors (Lipinski definition) is 3. The fourth-order valence-electron chi connectivity index (χ4n) is 6.61. The first kappa shape index (κ1) is 54.8. The molecule has 0 spiro atoms. The Bertz CT molecular complexity index is 928. The number of esters is 1. The second kappa shape index (κ2) is 43.4.